The summed E-state index contributed by atoms with van der Waals surface area (Å²) in [5.41, 5.74) is 9.29. The highest BCUT2D eigenvalue weighted by Crippen LogP contribution is 2.30. The Balaban J connectivity index is 1.65. The van der Waals surface area contributed by atoms with Crippen LogP contribution < -0.4 is 10.5 Å². The van der Waals surface area contributed by atoms with Gasteiger partial charge in [0.1, 0.15) is 11.9 Å². The van der Waals surface area contributed by atoms with E-state index >= 15 is 0 Å². The maximum Gasteiger partial charge on any atom is 0.201 e. The molecule has 1 aliphatic heterocycles. The summed E-state index contributed by atoms with van der Waals surface area (Å²) in [6.07, 6.45) is 1.04. The summed E-state index contributed by atoms with van der Waals surface area (Å²) in [6, 6.07) is 16.2. The van der Waals surface area contributed by atoms with Gasteiger partial charge in [0.25, 0.3) is 0 Å². The third-order valence-electron chi connectivity index (χ3n) is 3.78. The highest BCUT2D eigenvalue weighted by Gasteiger charge is 2.24. The maximum atomic E-state index is 6.03. The monoisotopic (exact) mass is 265 g/mol. The molecular weight excluding hydrogens is 250 g/mol. The largest absolute Gasteiger partial charge is 0.488 e. The first kappa shape index (κ1) is 11.3. The standard InChI is InChI=1S/C16H15N3O/c17-16-18-13-6-2-3-7-14(13)19(16)10-12-9-11-5-1-4-8-15(11)20-12/h1-8,12H,9-10H2,(H2,17,18). The Labute approximate surface area is 116 Å². The minimum atomic E-state index is 0.118. The molecule has 0 saturated heterocycles. The van der Waals surface area contributed by atoms with Crippen molar-refractivity contribution in [3.63, 3.8) is 0 Å². The molecule has 1 aromatic heterocycles. The van der Waals surface area contributed by atoms with Crippen molar-refractivity contribution >= 4 is 17.0 Å². The van der Waals surface area contributed by atoms with Crippen LogP contribution >= 0.6 is 0 Å². The van der Waals surface area contributed by atoms with Crippen LogP contribution in [0.25, 0.3) is 11.0 Å². The molecule has 0 radical (unpaired) electrons. The van der Waals surface area contributed by atoms with Gasteiger partial charge < -0.3 is 15.0 Å². The normalized spacial score (nSPS) is 17.1. The molecule has 3 aromatic rings. The molecule has 1 atom stereocenters. The summed E-state index contributed by atoms with van der Waals surface area (Å²) >= 11 is 0. The number of nitrogens with two attached hydrogens (primary N) is 1. The molecule has 0 spiro atoms. The van der Waals surface area contributed by atoms with E-state index in [1.54, 1.807) is 0 Å². The first-order valence-corrected chi connectivity index (χ1v) is 6.76. The fraction of sp³-hybridized carbons (Fsp3) is 0.188. The summed E-state index contributed by atoms with van der Waals surface area (Å²) in [4.78, 5) is 4.39. The number of rotatable bonds is 2. The van der Waals surface area contributed by atoms with Crippen molar-refractivity contribution in [1.82, 2.24) is 9.55 Å². The van der Waals surface area contributed by atoms with Crippen molar-refractivity contribution < 1.29 is 4.74 Å². The van der Waals surface area contributed by atoms with Gasteiger partial charge in [0, 0.05) is 6.42 Å². The van der Waals surface area contributed by atoms with Gasteiger partial charge in [-0.3, -0.25) is 0 Å². The lowest BCUT2D eigenvalue weighted by atomic mass is 10.1. The molecule has 0 saturated carbocycles. The van der Waals surface area contributed by atoms with Crippen LogP contribution in [-0.2, 0) is 13.0 Å². The van der Waals surface area contributed by atoms with E-state index < -0.39 is 0 Å². The molecule has 100 valence electrons. The summed E-state index contributed by atoms with van der Waals surface area (Å²) in [7, 11) is 0. The number of imidazole rings is 1. The lowest BCUT2D eigenvalue weighted by Crippen LogP contribution is -2.21. The zero-order valence-electron chi connectivity index (χ0n) is 11.0. The van der Waals surface area contributed by atoms with Gasteiger partial charge in [0.2, 0.25) is 5.95 Å². The van der Waals surface area contributed by atoms with Crippen LogP contribution in [0.3, 0.4) is 0 Å². The number of anilines is 1. The second-order valence-corrected chi connectivity index (χ2v) is 5.12. The second-order valence-electron chi connectivity index (χ2n) is 5.12. The maximum absolute atomic E-state index is 6.03. The zero-order chi connectivity index (χ0) is 13.5. The summed E-state index contributed by atoms with van der Waals surface area (Å²) in [5.74, 6) is 1.53. The van der Waals surface area contributed by atoms with Crippen LogP contribution in [0, 0.1) is 0 Å². The Morgan fingerprint density at radius 3 is 2.85 bits per heavy atom. The van der Waals surface area contributed by atoms with Gasteiger partial charge in [-0.2, -0.15) is 0 Å². The molecule has 2 N–H and O–H groups in total. The number of para-hydroxylation sites is 3. The van der Waals surface area contributed by atoms with Crippen molar-refractivity contribution in [1.29, 1.82) is 0 Å². The fourth-order valence-corrected chi connectivity index (χ4v) is 2.85. The van der Waals surface area contributed by atoms with Gasteiger partial charge in [0.05, 0.1) is 17.6 Å². The molecule has 0 amide bonds. The Morgan fingerprint density at radius 1 is 1.15 bits per heavy atom. The van der Waals surface area contributed by atoms with Crippen LogP contribution in [0.15, 0.2) is 48.5 Å². The van der Waals surface area contributed by atoms with E-state index in [0.29, 0.717) is 5.95 Å². The number of hydrogen-bond acceptors (Lipinski definition) is 3. The first-order chi connectivity index (χ1) is 9.81. The topological polar surface area (TPSA) is 53.1 Å². The number of nitrogen functional groups attached to an aromatic ring is 1. The second kappa shape index (κ2) is 4.27. The van der Waals surface area contributed by atoms with E-state index in [9.17, 15) is 0 Å². The molecule has 2 heterocycles. The van der Waals surface area contributed by atoms with E-state index in [2.05, 4.69) is 11.1 Å². The zero-order valence-corrected chi connectivity index (χ0v) is 11.0. The van der Waals surface area contributed by atoms with Crippen molar-refractivity contribution in [3.8, 4) is 5.75 Å². The van der Waals surface area contributed by atoms with Gasteiger partial charge in [-0.15, -0.1) is 0 Å². The number of aromatic nitrogens is 2. The van der Waals surface area contributed by atoms with Crippen LogP contribution in [0.4, 0.5) is 5.95 Å². The highest BCUT2D eigenvalue weighted by atomic mass is 16.5. The van der Waals surface area contributed by atoms with Crippen molar-refractivity contribution in [2.45, 2.75) is 19.1 Å². The van der Waals surface area contributed by atoms with Gasteiger partial charge in [-0.05, 0) is 23.8 Å². The van der Waals surface area contributed by atoms with Crippen LogP contribution in [-0.4, -0.2) is 15.7 Å². The lowest BCUT2D eigenvalue weighted by molar-refractivity contribution is 0.212. The number of fused-ring (bicyclic) bond motifs is 2. The molecule has 0 bridgehead atoms. The SMILES string of the molecule is Nc1nc2ccccc2n1CC1Cc2ccccc2O1. The third-order valence-corrected chi connectivity index (χ3v) is 3.78. The average Bonchev–Trinajstić information content (AvgIpc) is 3.00. The summed E-state index contributed by atoms with van der Waals surface area (Å²) in [6.45, 7) is 0.723. The number of hydrogen-bond donors (Lipinski definition) is 1. The molecule has 20 heavy (non-hydrogen) atoms. The third kappa shape index (κ3) is 1.72. The van der Waals surface area contributed by atoms with Crippen molar-refractivity contribution in [2.24, 2.45) is 0 Å². The molecule has 0 aliphatic carbocycles. The molecule has 2 aromatic carbocycles. The molecular formula is C16H15N3O. The Morgan fingerprint density at radius 2 is 1.95 bits per heavy atom. The predicted molar refractivity (Wildman–Crippen MR) is 78.7 cm³/mol. The van der Waals surface area contributed by atoms with Crippen LogP contribution in [0.5, 0.6) is 5.75 Å². The van der Waals surface area contributed by atoms with E-state index in [0.717, 1.165) is 29.7 Å². The number of benzene rings is 2. The summed E-state index contributed by atoms with van der Waals surface area (Å²) in [5, 5.41) is 0. The van der Waals surface area contributed by atoms with Gasteiger partial charge >= 0.3 is 0 Å². The van der Waals surface area contributed by atoms with Crippen molar-refractivity contribution in [3.05, 3.63) is 54.1 Å². The van der Waals surface area contributed by atoms with Crippen LogP contribution in [0.1, 0.15) is 5.56 Å². The predicted octanol–water partition coefficient (Wildman–Crippen LogP) is 2.62. The number of nitrogens with zero attached hydrogens (tertiary/aromatic N) is 2. The van der Waals surface area contributed by atoms with Gasteiger partial charge in [-0.1, -0.05) is 30.3 Å². The van der Waals surface area contributed by atoms with E-state index in [-0.39, 0.29) is 6.10 Å². The fourth-order valence-electron chi connectivity index (χ4n) is 2.85. The Hall–Kier alpha value is -2.49. The van der Waals surface area contributed by atoms with Crippen molar-refractivity contribution in [2.75, 3.05) is 5.73 Å². The molecule has 1 aliphatic rings. The van der Waals surface area contributed by atoms with E-state index in [1.165, 1.54) is 5.56 Å². The van der Waals surface area contributed by atoms with Gasteiger partial charge in [-0.25, -0.2) is 4.98 Å². The average molecular weight is 265 g/mol. The highest BCUT2D eigenvalue weighted by molar-refractivity contribution is 5.78. The molecule has 1 unspecified atom stereocenters. The molecule has 4 nitrogen and oxygen atoms in total. The quantitative estimate of drug-likeness (QED) is 0.775. The molecule has 4 rings (SSSR count). The minimum Gasteiger partial charge on any atom is -0.488 e. The van der Waals surface area contributed by atoms with Crippen LogP contribution in [0.2, 0.25) is 0 Å². The summed E-state index contributed by atoms with van der Waals surface area (Å²) < 4.78 is 8.01. The van der Waals surface area contributed by atoms with E-state index in [1.807, 2.05) is 47.0 Å². The minimum absolute atomic E-state index is 0.118. The van der Waals surface area contributed by atoms with E-state index in [4.69, 9.17) is 10.5 Å². The molecule has 4 heteroatoms. The lowest BCUT2D eigenvalue weighted by Gasteiger charge is -2.13. The Kier molecular flexibility index (Phi) is 2.42. The number of ether oxygens (including phenoxy) is 1. The smallest absolute Gasteiger partial charge is 0.201 e. The first-order valence-electron chi connectivity index (χ1n) is 6.76. The molecule has 0 fully saturated rings. The Bertz CT molecular complexity index is 753. The van der Waals surface area contributed by atoms with Gasteiger partial charge in [0.15, 0.2) is 0 Å².